The van der Waals surface area contributed by atoms with E-state index in [1.807, 2.05) is 0 Å². The van der Waals surface area contributed by atoms with Crippen LogP contribution in [-0.2, 0) is 45.5 Å². The molecule has 0 aliphatic rings. The standard InChI is InChI=1S/2Al.2K.2Mn.3H2O.5O.8H/h;;;;;;3*1H2;;;;;;;;;;;;;/q;;3*+1;+2;;;;;;;;;;;;;;;2*-1/p-3. The van der Waals surface area contributed by atoms with E-state index in [0.717, 1.165) is 0 Å². The molecule has 0 aliphatic heterocycles. The fourth-order valence-electron chi connectivity index (χ4n) is 0. The molecule has 0 saturated carbocycles. The molecule has 0 spiro atoms. The zero-order chi connectivity index (χ0) is 9.00. The zero-order valence-electron chi connectivity index (χ0n) is 8.14. The van der Waals surface area contributed by atoms with Gasteiger partial charge in [-0.1, -0.05) is 0 Å². The number of rotatable bonds is 0. The second-order valence-corrected chi connectivity index (χ2v) is 3.34. The van der Waals surface area contributed by atoms with Crippen molar-refractivity contribution in [3.63, 3.8) is 0 Å². The van der Waals surface area contributed by atoms with Gasteiger partial charge in [-0.25, -0.2) is 0 Å². The van der Waals surface area contributed by atoms with Crippen LogP contribution < -0.4 is 103 Å². The summed E-state index contributed by atoms with van der Waals surface area (Å²) in [4.78, 5) is 0. The van der Waals surface area contributed by atoms with Crippen LogP contribution in [0, 0.1) is 0 Å². The molecule has 81 valence electrons. The molecule has 0 rings (SSSR count). The Hall–Kier alpha value is 4.26. The summed E-state index contributed by atoms with van der Waals surface area (Å²) in [5.41, 5.74) is 0. The molecular weight excluding hydrogens is 370 g/mol. The van der Waals surface area contributed by atoms with Crippen molar-refractivity contribution in [3.05, 3.63) is 0 Å². The van der Waals surface area contributed by atoms with Crippen molar-refractivity contribution < 1.29 is 164 Å². The summed E-state index contributed by atoms with van der Waals surface area (Å²) in [6.45, 7) is 0. The molecule has 0 saturated heterocycles. The molecule has 0 atom stereocenters. The SMILES string of the molecule is [AlH3].[AlH3].[H-].[H-].[K+].[K+].[O]=[Mn](=[O])(=[O])[OH].[O]=[Mn](=[O])([OH])[OH]. The fourth-order valence-corrected chi connectivity index (χ4v) is 0. The molecule has 14 heteroatoms. The predicted octanol–water partition coefficient (Wildman–Crippen LogP) is -10.4. The summed E-state index contributed by atoms with van der Waals surface area (Å²) in [6.07, 6.45) is 0. The van der Waals surface area contributed by atoms with Crippen molar-refractivity contribution in [2.45, 2.75) is 0 Å². The van der Waals surface area contributed by atoms with E-state index in [4.69, 9.17) is 31.7 Å². The molecule has 8 nitrogen and oxygen atoms in total. The van der Waals surface area contributed by atoms with Crippen LogP contribution in [0.1, 0.15) is 2.85 Å². The Morgan fingerprint density at radius 2 is 0.714 bits per heavy atom. The van der Waals surface area contributed by atoms with Gasteiger partial charge in [0.05, 0.1) is 0 Å². The van der Waals surface area contributed by atoms with Gasteiger partial charge in [-0.3, -0.25) is 0 Å². The molecule has 0 fully saturated rings. The summed E-state index contributed by atoms with van der Waals surface area (Å²) in [6, 6.07) is 0. The Bertz CT molecular complexity index is 307. The molecule has 0 aliphatic carbocycles. The third-order valence-electron chi connectivity index (χ3n) is 0. The Morgan fingerprint density at radius 3 is 0.714 bits per heavy atom. The topological polar surface area (TPSA) is 146 Å². The molecule has 0 aromatic rings. The predicted molar refractivity (Wildman–Crippen MR) is 32.2 cm³/mol. The van der Waals surface area contributed by atoms with Gasteiger partial charge in [0.1, 0.15) is 0 Å². The average Bonchev–Trinajstić information content (AvgIpc) is 1.12. The first-order chi connectivity index (χ1) is 4.00. The van der Waals surface area contributed by atoms with Crippen molar-refractivity contribution in [2.24, 2.45) is 0 Å². The van der Waals surface area contributed by atoms with Gasteiger partial charge in [-0.2, -0.15) is 0 Å². The van der Waals surface area contributed by atoms with Gasteiger partial charge in [0.25, 0.3) is 0 Å². The first-order valence-corrected chi connectivity index (χ1v) is 5.27. The molecule has 3 N–H and O–H groups in total. The van der Waals surface area contributed by atoms with Crippen LogP contribution in [0.5, 0.6) is 0 Å². The van der Waals surface area contributed by atoms with Crippen LogP contribution in [-0.4, -0.2) is 47.3 Å². The summed E-state index contributed by atoms with van der Waals surface area (Å²) >= 11 is -10.5. The Morgan fingerprint density at radius 1 is 0.714 bits per heavy atom. The van der Waals surface area contributed by atoms with Crippen molar-refractivity contribution in [2.75, 3.05) is 0 Å². The Labute approximate surface area is 193 Å². The fraction of sp³-hybridized carbons (Fsp3) is 0. The third kappa shape index (κ3) is 209. The van der Waals surface area contributed by atoms with Gasteiger partial charge >= 0.3 is 161 Å². The molecule has 0 aromatic heterocycles. The Balaban J connectivity index is -0.00000000970. The van der Waals surface area contributed by atoms with Crippen molar-refractivity contribution in [3.8, 4) is 0 Å². The molecule has 0 amide bonds. The van der Waals surface area contributed by atoms with Gasteiger partial charge in [0.15, 0.2) is 34.7 Å². The van der Waals surface area contributed by atoms with E-state index in [0.29, 0.717) is 0 Å². The van der Waals surface area contributed by atoms with Gasteiger partial charge < -0.3 is 2.85 Å². The van der Waals surface area contributed by atoms with E-state index >= 15 is 0 Å². The molecule has 0 heterocycles. The third-order valence-corrected chi connectivity index (χ3v) is 0. The maximum atomic E-state index is 8.80. The minimum absolute atomic E-state index is 0. The van der Waals surface area contributed by atoms with Crippen LogP contribution in [0.25, 0.3) is 0 Å². The van der Waals surface area contributed by atoms with Crippen LogP contribution in [0.3, 0.4) is 0 Å². The number of hydrogen-bond donors (Lipinski definition) is 3. The van der Waals surface area contributed by atoms with E-state index in [1.165, 1.54) is 0 Å². The van der Waals surface area contributed by atoms with E-state index in [2.05, 4.69) is 0 Å². The van der Waals surface area contributed by atoms with Gasteiger partial charge in [-0.15, -0.1) is 0 Å². The molecule has 0 bridgehead atoms. The van der Waals surface area contributed by atoms with Crippen LogP contribution in [0.2, 0.25) is 0 Å². The maximum absolute atomic E-state index is 8.80. The zero-order valence-corrected chi connectivity index (χ0v) is 14.7. The summed E-state index contributed by atoms with van der Waals surface area (Å²) in [5, 5.41) is 0. The molecule has 14 heavy (non-hydrogen) atoms. The van der Waals surface area contributed by atoms with E-state index < -0.39 is 26.3 Å². The van der Waals surface area contributed by atoms with Crippen molar-refractivity contribution in [1.82, 2.24) is 0 Å². The second kappa shape index (κ2) is 17.3. The molecule has 0 radical (unpaired) electrons. The van der Waals surface area contributed by atoms with E-state index in [1.54, 1.807) is 0 Å². The van der Waals surface area contributed by atoms with Gasteiger partial charge in [0.2, 0.25) is 0 Å². The van der Waals surface area contributed by atoms with Crippen LogP contribution in [0.15, 0.2) is 0 Å². The number of hydrogen-bond acceptors (Lipinski definition) is 5. The van der Waals surface area contributed by atoms with Gasteiger partial charge in [-0.05, 0) is 0 Å². The summed E-state index contributed by atoms with van der Waals surface area (Å²) < 4.78 is 64.9. The van der Waals surface area contributed by atoms with E-state index in [-0.39, 0.29) is 140 Å². The van der Waals surface area contributed by atoms with E-state index in [9.17, 15) is 0 Å². The van der Waals surface area contributed by atoms with Crippen molar-refractivity contribution in [1.29, 1.82) is 0 Å². The molecule has 0 unspecified atom stereocenters. The summed E-state index contributed by atoms with van der Waals surface area (Å²) in [5.74, 6) is 0. The molecular formula is H11Al2K2Mn2O8. The molecule has 0 aromatic carbocycles. The first kappa shape index (κ1) is 36.2. The summed E-state index contributed by atoms with van der Waals surface area (Å²) in [7, 11) is 0. The quantitative estimate of drug-likeness (QED) is 0.351. The Kier molecular flexibility index (Phi) is 44.6. The average molecular weight is 381 g/mol. The monoisotopic (exact) mass is 381 g/mol. The van der Waals surface area contributed by atoms with Crippen LogP contribution in [0.4, 0.5) is 0 Å². The van der Waals surface area contributed by atoms with Crippen molar-refractivity contribution >= 4 is 34.7 Å². The second-order valence-electron chi connectivity index (χ2n) is 0.811. The van der Waals surface area contributed by atoms with Crippen LogP contribution >= 0.6 is 0 Å². The van der Waals surface area contributed by atoms with Gasteiger partial charge in [0, 0.05) is 0 Å². The first-order valence-electron chi connectivity index (χ1n) is 1.28. The minimum atomic E-state index is -5.38. The normalized spacial score (nSPS) is 8.21.